The van der Waals surface area contributed by atoms with E-state index in [1.807, 2.05) is 19.1 Å². The third-order valence-corrected chi connectivity index (χ3v) is 3.64. The van der Waals surface area contributed by atoms with E-state index in [9.17, 15) is 8.78 Å². The van der Waals surface area contributed by atoms with Gasteiger partial charge in [0.2, 0.25) is 0 Å². The van der Waals surface area contributed by atoms with Crippen molar-refractivity contribution in [3.8, 4) is 0 Å². The zero-order chi connectivity index (χ0) is 12.2. The van der Waals surface area contributed by atoms with Gasteiger partial charge in [0.1, 0.15) is 5.69 Å². The van der Waals surface area contributed by atoms with E-state index in [1.54, 1.807) is 6.20 Å². The Morgan fingerprint density at radius 2 is 2.24 bits per heavy atom. The molecule has 6 heteroatoms. The molecular formula is C11H8BrF2N3. The molecule has 1 unspecified atom stereocenters. The Bertz CT molecular complexity index is 633. The SMILES string of the molecule is CC1C=Cc2cnc3c(Br)c(C(F)F)nn3c21. The Labute approximate surface area is 104 Å². The largest absolute Gasteiger partial charge is 0.283 e. The van der Waals surface area contributed by atoms with E-state index in [4.69, 9.17) is 0 Å². The van der Waals surface area contributed by atoms with Crippen molar-refractivity contribution in [1.29, 1.82) is 0 Å². The summed E-state index contributed by atoms with van der Waals surface area (Å²) in [4.78, 5) is 4.16. The zero-order valence-corrected chi connectivity index (χ0v) is 10.4. The van der Waals surface area contributed by atoms with Crippen molar-refractivity contribution >= 4 is 27.7 Å². The van der Waals surface area contributed by atoms with Crippen LogP contribution >= 0.6 is 15.9 Å². The monoisotopic (exact) mass is 299 g/mol. The van der Waals surface area contributed by atoms with Crippen LogP contribution in [-0.2, 0) is 0 Å². The Balaban J connectivity index is 2.36. The van der Waals surface area contributed by atoms with Gasteiger partial charge in [0.25, 0.3) is 6.43 Å². The standard InChI is InChI=1S/C11H8BrF2N3/c1-5-2-3-6-4-15-11-7(12)8(10(13)14)16-17(11)9(5)6/h2-5,10H,1H3. The molecule has 17 heavy (non-hydrogen) atoms. The highest BCUT2D eigenvalue weighted by Gasteiger charge is 2.24. The normalized spacial score (nSPS) is 18.3. The summed E-state index contributed by atoms with van der Waals surface area (Å²) in [5.74, 6) is 0.160. The quantitative estimate of drug-likeness (QED) is 0.806. The topological polar surface area (TPSA) is 30.2 Å². The van der Waals surface area contributed by atoms with E-state index in [1.165, 1.54) is 4.52 Å². The van der Waals surface area contributed by atoms with Crippen molar-refractivity contribution in [3.63, 3.8) is 0 Å². The number of hydrogen-bond acceptors (Lipinski definition) is 2. The molecule has 0 N–H and O–H groups in total. The Kier molecular flexibility index (Phi) is 2.29. The molecule has 0 spiro atoms. The third-order valence-electron chi connectivity index (χ3n) is 2.88. The molecule has 2 heterocycles. The predicted octanol–water partition coefficient (Wildman–Crippen LogP) is 3.56. The summed E-state index contributed by atoms with van der Waals surface area (Å²) in [6.07, 6.45) is 3.02. The summed E-state index contributed by atoms with van der Waals surface area (Å²) in [6.45, 7) is 2.00. The molecule has 1 aliphatic carbocycles. The van der Waals surface area contributed by atoms with Gasteiger partial charge in [-0.05, 0) is 15.9 Å². The van der Waals surface area contributed by atoms with Gasteiger partial charge in [-0.3, -0.25) is 0 Å². The molecule has 1 aliphatic rings. The Morgan fingerprint density at radius 3 is 2.94 bits per heavy atom. The van der Waals surface area contributed by atoms with Crippen molar-refractivity contribution in [1.82, 2.24) is 14.6 Å². The number of aromatic nitrogens is 3. The first-order chi connectivity index (χ1) is 8.09. The smallest absolute Gasteiger partial charge is 0.235 e. The first kappa shape index (κ1) is 10.8. The van der Waals surface area contributed by atoms with Gasteiger partial charge in [-0.15, -0.1) is 0 Å². The molecule has 88 valence electrons. The molecule has 0 saturated heterocycles. The summed E-state index contributed by atoms with van der Waals surface area (Å²) < 4.78 is 27.3. The van der Waals surface area contributed by atoms with Crippen LogP contribution in [0.4, 0.5) is 8.78 Å². The van der Waals surface area contributed by atoms with Crippen LogP contribution in [-0.4, -0.2) is 14.6 Å². The van der Waals surface area contributed by atoms with Crippen LogP contribution in [0, 0.1) is 0 Å². The van der Waals surface area contributed by atoms with Crippen LogP contribution in [0.15, 0.2) is 16.7 Å². The van der Waals surface area contributed by atoms with Gasteiger partial charge in [-0.1, -0.05) is 19.1 Å². The van der Waals surface area contributed by atoms with Crippen LogP contribution in [0.2, 0.25) is 0 Å². The average Bonchev–Trinajstić information content (AvgIpc) is 2.81. The molecule has 0 aromatic carbocycles. The average molecular weight is 300 g/mol. The molecular weight excluding hydrogens is 292 g/mol. The number of nitrogens with zero attached hydrogens (tertiary/aromatic N) is 3. The van der Waals surface area contributed by atoms with Crippen molar-refractivity contribution in [3.05, 3.63) is 33.7 Å². The van der Waals surface area contributed by atoms with Crippen LogP contribution < -0.4 is 0 Å². The summed E-state index contributed by atoms with van der Waals surface area (Å²) in [5.41, 5.74) is 2.02. The lowest BCUT2D eigenvalue weighted by molar-refractivity contribution is 0.145. The third kappa shape index (κ3) is 1.43. The molecule has 3 rings (SSSR count). The van der Waals surface area contributed by atoms with E-state index >= 15 is 0 Å². The van der Waals surface area contributed by atoms with Crippen molar-refractivity contribution in [2.45, 2.75) is 19.3 Å². The van der Waals surface area contributed by atoms with E-state index < -0.39 is 6.43 Å². The number of rotatable bonds is 1. The van der Waals surface area contributed by atoms with E-state index in [0.717, 1.165) is 11.3 Å². The van der Waals surface area contributed by atoms with Crippen molar-refractivity contribution < 1.29 is 8.78 Å². The molecule has 2 aromatic heterocycles. The minimum Gasteiger partial charge on any atom is -0.235 e. The van der Waals surface area contributed by atoms with Crippen LogP contribution in [0.25, 0.3) is 11.7 Å². The Morgan fingerprint density at radius 1 is 1.47 bits per heavy atom. The highest BCUT2D eigenvalue weighted by atomic mass is 79.9. The van der Waals surface area contributed by atoms with Crippen molar-refractivity contribution in [2.24, 2.45) is 0 Å². The van der Waals surface area contributed by atoms with Crippen LogP contribution in [0.5, 0.6) is 0 Å². The molecule has 0 amide bonds. The molecule has 1 atom stereocenters. The lowest BCUT2D eigenvalue weighted by Crippen LogP contribution is -2.02. The zero-order valence-electron chi connectivity index (χ0n) is 8.86. The molecule has 0 radical (unpaired) electrons. The predicted molar refractivity (Wildman–Crippen MR) is 63.1 cm³/mol. The summed E-state index contributed by atoms with van der Waals surface area (Å²) in [7, 11) is 0. The maximum Gasteiger partial charge on any atom is 0.283 e. The van der Waals surface area contributed by atoms with Gasteiger partial charge >= 0.3 is 0 Å². The first-order valence-corrected chi connectivity index (χ1v) is 5.92. The first-order valence-electron chi connectivity index (χ1n) is 5.13. The number of alkyl halides is 2. The molecule has 0 bridgehead atoms. The summed E-state index contributed by atoms with van der Waals surface area (Å²) in [5, 5.41) is 3.95. The molecule has 0 fully saturated rings. The van der Waals surface area contributed by atoms with Gasteiger partial charge in [0.15, 0.2) is 5.65 Å². The number of fused-ring (bicyclic) bond motifs is 3. The summed E-state index contributed by atoms with van der Waals surface area (Å²) >= 11 is 3.13. The Hall–Kier alpha value is -1.30. The molecule has 0 saturated carbocycles. The second-order valence-electron chi connectivity index (χ2n) is 3.98. The van der Waals surface area contributed by atoms with E-state index in [0.29, 0.717) is 5.65 Å². The molecule has 3 nitrogen and oxygen atoms in total. The lowest BCUT2D eigenvalue weighted by Gasteiger charge is -2.06. The highest BCUT2D eigenvalue weighted by molar-refractivity contribution is 9.10. The molecule has 2 aromatic rings. The van der Waals surface area contributed by atoms with Gasteiger partial charge in [-0.2, -0.15) is 5.10 Å². The minimum atomic E-state index is -2.61. The number of hydrogen-bond donors (Lipinski definition) is 0. The minimum absolute atomic E-state index is 0.160. The second kappa shape index (κ2) is 3.60. The van der Waals surface area contributed by atoms with Gasteiger partial charge in [0.05, 0.1) is 10.2 Å². The number of halogens is 3. The fourth-order valence-electron chi connectivity index (χ4n) is 2.07. The maximum absolute atomic E-state index is 12.8. The highest BCUT2D eigenvalue weighted by Crippen LogP contribution is 2.34. The van der Waals surface area contributed by atoms with Gasteiger partial charge in [0, 0.05) is 17.7 Å². The van der Waals surface area contributed by atoms with Gasteiger partial charge in [-0.25, -0.2) is 18.3 Å². The fourth-order valence-corrected chi connectivity index (χ4v) is 2.59. The maximum atomic E-state index is 12.8. The lowest BCUT2D eigenvalue weighted by atomic mass is 10.1. The van der Waals surface area contributed by atoms with Crippen LogP contribution in [0.3, 0.4) is 0 Å². The molecule has 0 aliphatic heterocycles. The second-order valence-corrected chi connectivity index (χ2v) is 4.77. The van der Waals surface area contributed by atoms with E-state index in [-0.39, 0.29) is 16.1 Å². The van der Waals surface area contributed by atoms with E-state index in [2.05, 4.69) is 26.0 Å². The fraction of sp³-hybridized carbons (Fsp3) is 0.273. The van der Waals surface area contributed by atoms with Crippen molar-refractivity contribution in [2.75, 3.05) is 0 Å². The van der Waals surface area contributed by atoms with Gasteiger partial charge < -0.3 is 0 Å². The summed E-state index contributed by atoms with van der Waals surface area (Å²) in [6, 6.07) is 0. The number of allylic oxidation sites excluding steroid dienone is 1. The van der Waals surface area contributed by atoms with Crippen LogP contribution in [0.1, 0.15) is 36.2 Å².